The van der Waals surface area contributed by atoms with E-state index >= 15 is 0 Å². The normalized spacial score (nSPS) is 28.6. The molecular weight excluding hydrogens is 312 g/mol. The van der Waals surface area contributed by atoms with Crippen LogP contribution in [-0.4, -0.2) is 61.6 Å². The Morgan fingerprint density at radius 1 is 1.08 bits per heavy atom. The summed E-state index contributed by atoms with van der Waals surface area (Å²) < 4.78 is 5.80. The van der Waals surface area contributed by atoms with Gasteiger partial charge >= 0.3 is 0 Å². The lowest BCUT2D eigenvalue weighted by atomic mass is 9.78. The fourth-order valence-electron chi connectivity index (χ4n) is 4.80. The first-order chi connectivity index (χ1) is 12.3. The van der Waals surface area contributed by atoms with Crippen molar-refractivity contribution < 1.29 is 9.53 Å². The van der Waals surface area contributed by atoms with Gasteiger partial charge in [-0.2, -0.15) is 0 Å². The van der Waals surface area contributed by atoms with Gasteiger partial charge in [0, 0.05) is 37.6 Å². The van der Waals surface area contributed by atoms with Gasteiger partial charge in [-0.15, -0.1) is 0 Å². The molecule has 0 radical (unpaired) electrons. The lowest BCUT2D eigenvalue weighted by Crippen LogP contribution is -2.47. The minimum absolute atomic E-state index is 0.132. The molecule has 1 aromatic rings. The van der Waals surface area contributed by atoms with Crippen LogP contribution in [0.4, 0.5) is 0 Å². The first-order valence-corrected chi connectivity index (χ1v) is 9.91. The Balaban J connectivity index is 1.36. The molecule has 0 bridgehead atoms. The molecule has 0 saturated carbocycles. The highest BCUT2D eigenvalue weighted by Crippen LogP contribution is 2.35. The quantitative estimate of drug-likeness (QED) is 0.843. The Kier molecular flexibility index (Phi) is 5.09. The van der Waals surface area contributed by atoms with Crippen LogP contribution in [0.2, 0.25) is 0 Å². The van der Waals surface area contributed by atoms with Crippen LogP contribution in [0.15, 0.2) is 30.3 Å². The van der Waals surface area contributed by atoms with E-state index in [-0.39, 0.29) is 11.3 Å². The molecule has 0 N–H and O–H groups in total. The number of amides is 1. The number of hydrogen-bond acceptors (Lipinski definition) is 3. The second-order valence-corrected chi connectivity index (χ2v) is 8.03. The molecule has 3 saturated heterocycles. The van der Waals surface area contributed by atoms with Gasteiger partial charge in [0.15, 0.2) is 0 Å². The summed E-state index contributed by atoms with van der Waals surface area (Å²) in [7, 11) is 0. The third-order valence-corrected chi connectivity index (χ3v) is 6.37. The molecule has 4 heteroatoms. The van der Waals surface area contributed by atoms with Crippen molar-refractivity contribution in [2.45, 2.75) is 37.5 Å². The number of rotatable bonds is 4. The van der Waals surface area contributed by atoms with Gasteiger partial charge in [0.25, 0.3) is 0 Å². The van der Waals surface area contributed by atoms with Gasteiger partial charge in [-0.05, 0) is 50.8 Å². The first-order valence-electron chi connectivity index (χ1n) is 9.91. The van der Waals surface area contributed by atoms with Crippen molar-refractivity contribution in [3.63, 3.8) is 0 Å². The van der Waals surface area contributed by atoms with Gasteiger partial charge in [0.05, 0.1) is 6.61 Å². The summed E-state index contributed by atoms with van der Waals surface area (Å²) in [5.41, 5.74) is 1.54. The summed E-state index contributed by atoms with van der Waals surface area (Å²) in [5.74, 6) is 0.668. The minimum Gasteiger partial charge on any atom is -0.380 e. The monoisotopic (exact) mass is 342 g/mol. The Morgan fingerprint density at radius 2 is 1.80 bits per heavy atom. The van der Waals surface area contributed by atoms with Gasteiger partial charge in [0.1, 0.15) is 0 Å². The molecule has 1 atom stereocenters. The van der Waals surface area contributed by atoms with Crippen LogP contribution in [0.5, 0.6) is 0 Å². The van der Waals surface area contributed by atoms with Gasteiger partial charge in [0.2, 0.25) is 5.91 Å². The molecule has 0 aliphatic carbocycles. The maximum Gasteiger partial charge on any atom is 0.225 e. The van der Waals surface area contributed by atoms with Gasteiger partial charge in [-0.25, -0.2) is 0 Å². The highest BCUT2D eigenvalue weighted by Gasteiger charge is 2.39. The minimum atomic E-state index is 0.132. The number of carbonyl (C=O) groups is 1. The van der Waals surface area contributed by atoms with E-state index in [0.717, 1.165) is 65.2 Å². The number of ether oxygens (including phenoxy) is 1. The molecule has 3 aliphatic heterocycles. The largest absolute Gasteiger partial charge is 0.380 e. The second-order valence-electron chi connectivity index (χ2n) is 8.03. The van der Waals surface area contributed by atoms with Gasteiger partial charge in [-0.3, -0.25) is 4.79 Å². The van der Waals surface area contributed by atoms with Crippen LogP contribution in [-0.2, 0) is 14.9 Å². The predicted octanol–water partition coefficient (Wildman–Crippen LogP) is 2.68. The number of piperidine rings is 1. The molecule has 136 valence electrons. The zero-order chi connectivity index (χ0) is 17.1. The van der Waals surface area contributed by atoms with Crippen molar-refractivity contribution in [3.05, 3.63) is 35.9 Å². The SMILES string of the molecule is O=C(C1CCN(C[C@@]2(c3ccccc3)CCOC2)CC1)N1CCCC1. The fraction of sp³-hybridized carbons (Fsp3) is 0.667. The second kappa shape index (κ2) is 7.46. The molecule has 0 spiro atoms. The summed E-state index contributed by atoms with van der Waals surface area (Å²) in [5, 5.41) is 0. The lowest BCUT2D eigenvalue weighted by molar-refractivity contribution is -0.136. The van der Waals surface area contributed by atoms with E-state index in [4.69, 9.17) is 4.74 Å². The van der Waals surface area contributed by atoms with E-state index in [0.29, 0.717) is 5.91 Å². The molecule has 3 aliphatic rings. The van der Waals surface area contributed by atoms with Crippen LogP contribution in [0.3, 0.4) is 0 Å². The summed E-state index contributed by atoms with van der Waals surface area (Å²) in [6, 6.07) is 10.9. The fourth-order valence-corrected chi connectivity index (χ4v) is 4.80. The Hall–Kier alpha value is -1.39. The average molecular weight is 342 g/mol. The maximum atomic E-state index is 12.6. The first kappa shape index (κ1) is 17.0. The van der Waals surface area contributed by atoms with Crippen molar-refractivity contribution in [1.29, 1.82) is 0 Å². The molecular formula is C21H30N2O2. The number of nitrogens with zero attached hydrogens (tertiary/aromatic N) is 2. The van der Waals surface area contributed by atoms with Crippen LogP contribution in [0, 0.1) is 5.92 Å². The molecule has 1 amide bonds. The van der Waals surface area contributed by atoms with Crippen LogP contribution in [0.25, 0.3) is 0 Å². The number of carbonyl (C=O) groups excluding carboxylic acids is 1. The topological polar surface area (TPSA) is 32.8 Å². The van der Waals surface area contributed by atoms with Crippen LogP contribution < -0.4 is 0 Å². The van der Waals surface area contributed by atoms with Crippen molar-refractivity contribution in [2.75, 3.05) is 45.9 Å². The standard InChI is InChI=1S/C21H30N2O2/c24-20(23-11-4-5-12-23)18-8-13-22(14-9-18)16-21(10-15-25-17-21)19-6-2-1-3-7-19/h1-3,6-7,18H,4-5,8-17H2/t21-/m0/s1. The third-order valence-electron chi connectivity index (χ3n) is 6.37. The van der Waals surface area contributed by atoms with Gasteiger partial charge in [-0.1, -0.05) is 30.3 Å². The number of likely N-dealkylation sites (tertiary alicyclic amines) is 2. The van der Waals surface area contributed by atoms with Crippen molar-refractivity contribution in [3.8, 4) is 0 Å². The van der Waals surface area contributed by atoms with Crippen LogP contribution in [0.1, 0.15) is 37.7 Å². The Bertz CT molecular complexity index is 569. The van der Waals surface area contributed by atoms with Gasteiger partial charge < -0.3 is 14.5 Å². The Morgan fingerprint density at radius 3 is 2.44 bits per heavy atom. The summed E-state index contributed by atoms with van der Waals surface area (Å²) in [6.45, 7) is 6.78. The highest BCUT2D eigenvalue weighted by atomic mass is 16.5. The van der Waals surface area contributed by atoms with E-state index in [2.05, 4.69) is 40.1 Å². The van der Waals surface area contributed by atoms with E-state index in [9.17, 15) is 4.79 Å². The van der Waals surface area contributed by atoms with Crippen molar-refractivity contribution in [1.82, 2.24) is 9.80 Å². The lowest BCUT2D eigenvalue weighted by Gasteiger charge is -2.39. The Labute approximate surface area is 151 Å². The molecule has 3 fully saturated rings. The molecule has 25 heavy (non-hydrogen) atoms. The predicted molar refractivity (Wildman–Crippen MR) is 98.5 cm³/mol. The molecule has 1 aromatic carbocycles. The van der Waals surface area contributed by atoms with Crippen molar-refractivity contribution in [2.24, 2.45) is 5.92 Å². The molecule has 4 rings (SSSR count). The smallest absolute Gasteiger partial charge is 0.225 e. The van der Waals surface area contributed by atoms with E-state index in [1.54, 1.807) is 0 Å². The number of hydrogen-bond donors (Lipinski definition) is 0. The van der Waals surface area contributed by atoms with Crippen molar-refractivity contribution >= 4 is 5.91 Å². The van der Waals surface area contributed by atoms with E-state index in [1.807, 2.05) is 0 Å². The highest BCUT2D eigenvalue weighted by molar-refractivity contribution is 5.79. The zero-order valence-electron chi connectivity index (χ0n) is 15.2. The van der Waals surface area contributed by atoms with Crippen LogP contribution >= 0.6 is 0 Å². The van der Waals surface area contributed by atoms with E-state index < -0.39 is 0 Å². The van der Waals surface area contributed by atoms with E-state index in [1.165, 1.54) is 18.4 Å². The summed E-state index contributed by atoms with van der Waals surface area (Å²) >= 11 is 0. The molecule has 0 aromatic heterocycles. The molecule has 4 nitrogen and oxygen atoms in total. The number of benzene rings is 1. The molecule has 0 unspecified atom stereocenters. The third kappa shape index (κ3) is 3.61. The average Bonchev–Trinajstić information content (AvgIpc) is 3.35. The maximum absolute atomic E-state index is 12.6. The molecule has 3 heterocycles. The summed E-state index contributed by atoms with van der Waals surface area (Å²) in [6.07, 6.45) is 5.50. The zero-order valence-corrected chi connectivity index (χ0v) is 15.2. The summed E-state index contributed by atoms with van der Waals surface area (Å²) in [4.78, 5) is 17.3.